The van der Waals surface area contributed by atoms with Gasteiger partial charge in [0.05, 0.1) is 5.92 Å². The number of hydrogen-bond acceptors (Lipinski definition) is 5. The molecule has 1 fully saturated rings. The van der Waals surface area contributed by atoms with Gasteiger partial charge in [0.1, 0.15) is 0 Å². The molecule has 1 aliphatic rings. The highest BCUT2D eigenvalue weighted by atomic mass is 19.4. The van der Waals surface area contributed by atoms with E-state index in [4.69, 9.17) is 4.74 Å². The molecule has 1 aliphatic carbocycles. The summed E-state index contributed by atoms with van der Waals surface area (Å²) in [6.07, 6.45) is -18.3. The van der Waals surface area contributed by atoms with Crippen molar-refractivity contribution in [2.24, 2.45) is 5.92 Å². The third kappa shape index (κ3) is 4.95. The van der Waals surface area contributed by atoms with Crippen LogP contribution in [-0.4, -0.2) is 36.4 Å². The summed E-state index contributed by atoms with van der Waals surface area (Å²) in [5.74, 6) is -3.27. The number of rotatable bonds is 4. The average molecular weight is 338 g/mol. The van der Waals surface area contributed by atoms with E-state index in [0.29, 0.717) is 0 Å². The molecule has 5 nitrogen and oxygen atoms in total. The van der Waals surface area contributed by atoms with Crippen molar-refractivity contribution < 1.29 is 50.1 Å². The molecule has 0 amide bonds. The average Bonchev–Trinajstić information content (AvgIpc) is 3.02. The van der Waals surface area contributed by atoms with Crippen molar-refractivity contribution in [3.63, 3.8) is 0 Å². The van der Waals surface area contributed by atoms with Gasteiger partial charge in [-0.25, -0.2) is 4.79 Å². The van der Waals surface area contributed by atoms with Gasteiger partial charge in [0, 0.05) is 12.8 Å². The predicted molar refractivity (Wildman–Crippen MR) is 56.4 cm³/mol. The van der Waals surface area contributed by atoms with Crippen LogP contribution in [0.1, 0.15) is 26.7 Å². The SMILES string of the molecule is CC(C)C(=O)OC1(OC(=O)OC(C(F)(F)F)C(F)(F)F)CC1. The maximum absolute atomic E-state index is 12.2. The van der Waals surface area contributed by atoms with Crippen LogP contribution in [0.4, 0.5) is 31.1 Å². The van der Waals surface area contributed by atoms with Gasteiger partial charge in [-0.2, -0.15) is 26.3 Å². The van der Waals surface area contributed by atoms with Crippen molar-refractivity contribution in [1.82, 2.24) is 0 Å². The van der Waals surface area contributed by atoms with Crippen molar-refractivity contribution in [3.8, 4) is 0 Å². The highest BCUT2D eigenvalue weighted by Crippen LogP contribution is 2.43. The summed E-state index contributed by atoms with van der Waals surface area (Å²) in [7, 11) is 0. The Balaban J connectivity index is 2.67. The number of carbonyl (C=O) groups is 2. The van der Waals surface area contributed by atoms with Crippen LogP contribution in [0.25, 0.3) is 0 Å². The zero-order chi connectivity index (χ0) is 17.3. The summed E-state index contributed by atoms with van der Waals surface area (Å²) in [4.78, 5) is 22.4. The Morgan fingerprint density at radius 2 is 1.41 bits per heavy atom. The van der Waals surface area contributed by atoms with Gasteiger partial charge in [0.2, 0.25) is 0 Å². The highest BCUT2D eigenvalue weighted by Gasteiger charge is 2.61. The lowest BCUT2D eigenvalue weighted by molar-refractivity contribution is -0.313. The smallest absolute Gasteiger partial charge is 0.422 e. The molecule has 0 aromatic heterocycles. The first-order valence-electron chi connectivity index (χ1n) is 6.03. The highest BCUT2D eigenvalue weighted by molar-refractivity contribution is 5.72. The molecular formula is C11H12F6O5. The van der Waals surface area contributed by atoms with E-state index in [1.807, 2.05) is 0 Å². The second kappa shape index (κ2) is 5.84. The first kappa shape index (κ1) is 18.4. The number of esters is 1. The van der Waals surface area contributed by atoms with Gasteiger partial charge in [0.25, 0.3) is 11.9 Å². The van der Waals surface area contributed by atoms with Crippen LogP contribution < -0.4 is 0 Å². The largest absolute Gasteiger partial charge is 0.512 e. The third-order valence-electron chi connectivity index (χ3n) is 2.49. The molecule has 0 aromatic carbocycles. The minimum atomic E-state index is -5.84. The molecule has 1 rings (SSSR count). The summed E-state index contributed by atoms with van der Waals surface area (Å²) in [6.45, 7) is 2.89. The van der Waals surface area contributed by atoms with E-state index in [-0.39, 0.29) is 12.8 Å². The molecule has 0 aliphatic heterocycles. The van der Waals surface area contributed by atoms with E-state index in [2.05, 4.69) is 9.47 Å². The molecule has 0 atom stereocenters. The first-order valence-corrected chi connectivity index (χ1v) is 6.03. The topological polar surface area (TPSA) is 61.8 Å². The summed E-state index contributed by atoms with van der Waals surface area (Å²) >= 11 is 0. The maximum Gasteiger partial charge on any atom is 0.512 e. The Labute approximate surface area is 120 Å². The van der Waals surface area contributed by atoms with Crippen molar-refractivity contribution in [2.45, 2.75) is 50.9 Å². The number of carbonyl (C=O) groups excluding carboxylic acids is 2. The van der Waals surface area contributed by atoms with Crippen LogP contribution in [0.3, 0.4) is 0 Å². The molecule has 0 radical (unpaired) electrons. The van der Waals surface area contributed by atoms with E-state index in [1.165, 1.54) is 13.8 Å². The van der Waals surface area contributed by atoms with E-state index in [9.17, 15) is 35.9 Å². The third-order valence-corrected chi connectivity index (χ3v) is 2.49. The molecule has 0 N–H and O–H groups in total. The maximum atomic E-state index is 12.2. The molecule has 11 heteroatoms. The molecule has 0 unspecified atom stereocenters. The molecule has 0 aromatic rings. The Morgan fingerprint density at radius 1 is 0.955 bits per heavy atom. The zero-order valence-electron chi connectivity index (χ0n) is 11.4. The van der Waals surface area contributed by atoms with Gasteiger partial charge in [-0.3, -0.25) is 4.79 Å². The summed E-state index contributed by atoms with van der Waals surface area (Å²) in [5.41, 5.74) is 0. The minimum Gasteiger partial charge on any atom is -0.422 e. The van der Waals surface area contributed by atoms with Crippen molar-refractivity contribution >= 4 is 12.1 Å². The van der Waals surface area contributed by atoms with E-state index in [1.54, 1.807) is 0 Å². The Kier molecular flexibility index (Phi) is 4.88. The van der Waals surface area contributed by atoms with E-state index >= 15 is 0 Å². The standard InChI is InChI=1S/C11H12F6O5/c1-5(2)6(18)21-9(3-4-9)22-8(19)20-7(10(12,13)14)11(15,16)17/h5,7H,3-4H2,1-2H3. The normalized spacial score (nSPS) is 17.4. The number of ether oxygens (including phenoxy) is 3. The van der Waals surface area contributed by atoms with Gasteiger partial charge in [-0.1, -0.05) is 13.8 Å². The van der Waals surface area contributed by atoms with Crippen LogP contribution in [0.5, 0.6) is 0 Å². The second-order valence-corrected chi connectivity index (χ2v) is 4.92. The lowest BCUT2D eigenvalue weighted by atomic mass is 10.2. The fraction of sp³-hybridized carbons (Fsp3) is 0.818. The molecule has 128 valence electrons. The lowest BCUT2D eigenvalue weighted by Crippen LogP contribution is -2.46. The molecule has 22 heavy (non-hydrogen) atoms. The quantitative estimate of drug-likeness (QED) is 0.447. The molecule has 1 saturated carbocycles. The van der Waals surface area contributed by atoms with Crippen LogP contribution in [0, 0.1) is 5.92 Å². The van der Waals surface area contributed by atoms with Gasteiger partial charge in [-0.05, 0) is 0 Å². The Morgan fingerprint density at radius 3 is 1.73 bits per heavy atom. The van der Waals surface area contributed by atoms with E-state index < -0.39 is 42.3 Å². The summed E-state index contributed by atoms with van der Waals surface area (Å²) in [6, 6.07) is 0. The summed E-state index contributed by atoms with van der Waals surface area (Å²) in [5, 5.41) is 0. The van der Waals surface area contributed by atoms with E-state index in [0.717, 1.165) is 0 Å². The lowest BCUT2D eigenvalue weighted by Gasteiger charge is -2.24. The molecule has 0 heterocycles. The van der Waals surface area contributed by atoms with Crippen LogP contribution in [0.2, 0.25) is 0 Å². The Bertz CT molecular complexity index is 423. The van der Waals surface area contributed by atoms with Crippen molar-refractivity contribution in [3.05, 3.63) is 0 Å². The first-order chi connectivity index (χ1) is 9.77. The van der Waals surface area contributed by atoms with Gasteiger partial charge in [-0.15, -0.1) is 0 Å². The Hall–Kier alpha value is -1.68. The molecule has 0 saturated heterocycles. The number of alkyl halides is 6. The fourth-order valence-electron chi connectivity index (χ4n) is 1.22. The minimum absolute atomic E-state index is 0.0384. The molecule has 0 spiro atoms. The van der Waals surface area contributed by atoms with Crippen LogP contribution in [0.15, 0.2) is 0 Å². The predicted octanol–water partition coefficient (Wildman–Crippen LogP) is 3.32. The fourth-order valence-corrected chi connectivity index (χ4v) is 1.22. The second-order valence-electron chi connectivity index (χ2n) is 4.92. The summed E-state index contributed by atoms with van der Waals surface area (Å²) < 4.78 is 85.5. The molecule has 0 bridgehead atoms. The van der Waals surface area contributed by atoms with Crippen molar-refractivity contribution in [2.75, 3.05) is 0 Å². The van der Waals surface area contributed by atoms with Crippen LogP contribution in [-0.2, 0) is 19.0 Å². The number of halogens is 6. The molecular weight excluding hydrogens is 326 g/mol. The monoisotopic (exact) mass is 338 g/mol. The van der Waals surface area contributed by atoms with Gasteiger partial charge < -0.3 is 14.2 Å². The van der Waals surface area contributed by atoms with Gasteiger partial charge >= 0.3 is 24.5 Å². The van der Waals surface area contributed by atoms with Crippen molar-refractivity contribution in [1.29, 1.82) is 0 Å². The van der Waals surface area contributed by atoms with Crippen LogP contribution >= 0.6 is 0 Å². The zero-order valence-corrected chi connectivity index (χ0v) is 11.4. The van der Waals surface area contributed by atoms with Gasteiger partial charge in [0.15, 0.2) is 0 Å². The number of hydrogen-bond donors (Lipinski definition) is 0.